The van der Waals surface area contributed by atoms with Crippen LogP contribution in [0.1, 0.15) is 43.0 Å². The summed E-state index contributed by atoms with van der Waals surface area (Å²) in [5, 5.41) is 2.88. The Morgan fingerprint density at radius 1 is 1.19 bits per heavy atom. The van der Waals surface area contributed by atoms with Crippen molar-refractivity contribution >= 4 is 48.8 Å². The van der Waals surface area contributed by atoms with E-state index < -0.39 is 15.0 Å². The van der Waals surface area contributed by atoms with E-state index >= 15 is 0 Å². The molecule has 1 saturated carbocycles. The van der Waals surface area contributed by atoms with Crippen LogP contribution in [0.15, 0.2) is 17.0 Å². The largest absolute Gasteiger partial charge is 0.347 e. The van der Waals surface area contributed by atoms with Crippen LogP contribution in [0.4, 0.5) is 0 Å². The van der Waals surface area contributed by atoms with Gasteiger partial charge in [0.1, 0.15) is 4.90 Å². The van der Waals surface area contributed by atoms with Crippen LogP contribution in [0, 0.1) is 0 Å². The molecule has 0 saturated heterocycles. The first-order valence-electron chi connectivity index (χ1n) is 6.39. The Morgan fingerprint density at radius 2 is 1.76 bits per heavy atom. The van der Waals surface area contributed by atoms with Gasteiger partial charge in [-0.3, -0.25) is 4.79 Å². The predicted octanol–water partition coefficient (Wildman–Crippen LogP) is 3.98. The van der Waals surface area contributed by atoms with Crippen LogP contribution in [0.25, 0.3) is 0 Å². The molecule has 21 heavy (non-hydrogen) atoms. The molecular formula is C13H14Cl3NO3S. The number of carbonyl (C=O) groups excluding carboxylic acids is 1. The van der Waals surface area contributed by atoms with E-state index in [-0.39, 0.29) is 26.0 Å². The Kier molecular flexibility index (Phi) is 4.78. The summed E-state index contributed by atoms with van der Waals surface area (Å²) >= 11 is 11.8. The Bertz CT molecular complexity index is 682. The average Bonchev–Trinajstić information content (AvgIpc) is 2.73. The number of rotatable bonds is 3. The standard InChI is InChI=1S/C13H14Cl3NO3S/c1-13(4-2-3-5-13)17-12(18)8-6-11(21(16,19)20)10(15)7-9(8)14/h6-7H,2-5H2,1H3,(H,17,18). The first-order chi connectivity index (χ1) is 9.62. The summed E-state index contributed by atoms with van der Waals surface area (Å²) in [7, 11) is 1.26. The van der Waals surface area contributed by atoms with Crippen LogP contribution < -0.4 is 5.32 Å². The van der Waals surface area contributed by atoms with Crippen molar-refractivity contribution in [2.45, 2.75) is 43.0 Å². The Balaban J connectivity index is 2.37. The second-order valence-electron chi connectivity index (χ2n) is 5.42. The third-order valence-corrected chi connectivity index (χ3v) is 5.75. The highest BCUT2D eigenvalue weighted by Gasteiger charge is 2.31. The van der Waals surface area contributed by atoms with Crippen LogP contribution >= 0.6 is 33.9 Å². The van der Waals surface area contributed by atoms with Gasteiger partial charge in [0.05, 0.1) is 15.6 Å². The zero-order chi connectivity index (χ0) is 15.8. The summed E-state index contributed by atoms with van der Waals surface area (Å²) in [4.78, 5) is 12.0. The molecule has 1 fully saturated rings. The zero-order valence-electron chi connectivity index (χ0n) is 11.3. The van der Waals surface area contributed by atoms with Gasteiger partial charge in [-0.1, -0.05) is 36.0 Å². The molecular weight excluding hydrogens is 357 g/mol. The highest BCUT2D eigenvalue weighted by Crippen LogP contribution is 2.33. The highest BCUT2D eigenvalue weighted by atomic mass is 35.7. The summed E-state index contributed by atoms with van der Waals surface area (Å²) in [6.45, 7) is 1.96. The molecule has 0 spiro atoms. The van der Waals surface area contributed by atoms with Crippen molar-refractivity contribution in [3.8, 4) is 0 Å². The van der Waals surface area contributed by atoms with Gasteiger partial charge < -0.3 is 5.32 Å². The van der Waals surface area contributed by atoms with Crippen molar-refractivity contribution in [1.29, 1.82) is 0 Å². The average molecular weight is 371 g/mol. The SMILES string of the molecule is CC1(NC(=O)c2cc(S(=O)(=O)Cl)c(Cl)cc2Cl)CCCC1. The Hall–Kier alpha value is -0.490. The monoisotopic (exact) mass is 369 g/mol. The van der Waals surface area contributed by atoms with E-state index in [0.717, 1.165) is 31.7 Å². The molecule has 0 bridgehead atoms. The quantitative estimate of drug-likeness (QED) is 0.818. The summed E-state index contributed by atoms with van der Waals surface area (Å²) in [6, 6.07) is 2.32. The molecule has 2 rings (SSSR count). The number of hydrogen-bond donors (Lipinski definition) is 1. The second kappa shape index (κ2) is 5.95. The van der Waals surface area contributed by atoms with E-state index in [1.54, 1.807) is 0 Å². The lowest BCUT2D eigenvalue weighted by atomic mass is 10.00. The van der Waals surface area contributed by atoms with E-state index in [4.69, 9.17) is 33.9 Å². The molecule has 0 unspecified atom stereocenters. The molecule has 1 N–H and O–H groups in total. The van der Waals surface area contributed by atoms with E-state index in [2.05, 4.69) is 5.32 Å². The van der Waals surface area contributed by atoms with Crippen molar-refractivity contribution in [3.05, 3.63) is 27.7 Å². The molecule has 4 nitrogen and oxygen atoms in total. The summed E-state index contributed by atoms with van der Waals surface area (Å²) < 4.78 is 22.9. The van der Waals surface area contributed by atoms with Crippen LogP contribution in [0.2, 0.25) is 10.0 Å². The van der Waals surface area contributed by atoms with Gasteiger partial charge in [-0.05, 0) is 31.9 Å². The van der Waals surface area contributed by atoms with E-state index in [1.807, 2.05) is 6.92 Å². The highest BCUT2D eigenvalue weighted by molar-refractivity contribution is 8.13. The van der Waals surface area contributed by atoms with E-state index in [9.17, 15) is 13.2 Å². The van der Waals surface area contributed by atoms with E-state index in [1.165, 1.54) is 6.07 Å². The van der Waals surface area contributed by atoms with Gasteiger partial charge in [0.2, 0.25) is 0 Å². The number of hydrogen-bond acceptors (Lipinski definition) is 3. The van der Waals surface area contributed by atoms with Gasteiger partial charge >= 0.3 is 0 Å². The molecule has 116 valence electrons. The lowest BCUT2D eigenvalue weighted by molar-refractivity contribution is 0.0908. The first-order valence-corrected chi connectivity index (χ1v) is 9.45. The Morgan fingerprint density at radius 3 is 2.29 bits per heavy atom. The van der Waals surface area contributed by atoms with Crippen molar-refractivity contribution in [3.63, 3.8) is 0 Å². The minimum atomic E-state index is -4.05. The van der Waals surface area contributed by atoms with Crippen molar-refractivity contribution in [2.75, 3.05) is 0 Å². The molecule has 0 atom stereocenters. The van der Waals surface area contributed by atoms with Gasteiger partial charge in [0, 0.05) is 16.2 Å². The van der Waals surface area contributed by atoms with E-state index in [0.29, 0.717) is 0 Å². The fraction of sp³-hybridized carbons (Fsp3) is 0.462. The molecule has 1 amide bonds. The number of carbonyl (C=O) groups is 1. The minimum Gasteiger partial charge on any atom is -0.347 e. The minimum absolute atomic E-state index is 0.0495. The number of halogens is 3. The molecule has 8 heteroatoms. The van der Waals surface area contributed by atoms with Crippen LogP contribution in [-0.4, -0.2) is 19.9 Å². The molecule has 0 aromatic heterocycles. The fourth-order valence-corrected chi connectivity index (χ4v) is 4.34. The van der Waals surface area contributed by atoms with Crippen molar-refractivity contribution in [1.82, 2.24) is 5.32 Å². The van der Waals surface area contributed by atoms with Gasteiger partial charge in [-0.15, -0.1) is 0 Å². The predicted molar refractivity (Wildman–Crippen MR) is 83.8 cm³/mol. The molecule has 1 aromatic rings. The maximum atomic E-state index is 12.3. The molecule has 0 aliphatic heterocycles. The lowest BCUT2D eigenvalue weighted by Gasteiger charge is -2.25. The smallest absolute Gasteiger partial charge is 0.262 e. The first kappa shape index (κ1) is 16.9. The molecule has 0 heterocycles. The molecule has 1 aromatic carbocycles. The molecule has 1 aliphatic rings. The second-order valence-corrected chi connectivity index (χ2v) is 8.77. The van der Waals surface area contributed by atoms with Crippen LogP contribution in [0.3, 0.4) is 0 Å². The number of benzene rings is 1. The normalized spacial score (nSPS) is 17.7. The zero-order valence-corrected chi connectivity index (χ0v) is 14.3. The number of amides is 1. The van der Waals surface area contributed by atoms with Gasteiger partial charge in [0.15, 0.2) is 0 Å². The topological polar surface area (TPSA) is 63.2 Å². The van der Waals surface area contributed by atoms with Crippen LogP contribution in [0.5, 0.6) is 0 Å². The van der Waals surface area contributed by atoms with Gasteiger partial charge in [-0.2, -0.15) is 0 Å². The maximum Gasteiger partial charge on any atom is 0.262 e. The van der Waals surface area contributed by atoms with Crippen molar-refractivity contribution < 1.29 is 13.2 Å². The third-order valence-electron chi connectivity index (χ3n) is 3.65. The third kappa shape index (κ3) is 3.83. The number of nitrogens with one attached hydrogen (secondary N) is 1. The molecule has 1 aliphatic carbocycles. The molecule has 0 radical (unpaired) electrons. The Labute approximate surface area is 138 Å². The lowest BCUT2D eigenvalue weighted by Crippen LogP contribution is -2.43. The maximum absolute atomic E-state index is 12.3. The van der Waals surface area contributed by atoms with Gasteiger partial charge in [0.25, 0.3) is 15.0 Å². The fourth-order valence-electron chi connectivity index (χ4n) is 2.51. The summed E-state index contributed by atoms with van der Waals surface area (Å²) in [5.41, 5.74) is -0.242. The van der Waals surface area contributed by atoms with Crippen LogP contribution in [-0.2, 0) is 9.05 Å². The summed E-state index contributed by atoms with van der Waals surface area (Å²) in [5.74, 6) is -0.428. The van der Waals surface area contributed by atoms with Crippen molar-refractivity contribution in [2.24, 2.45) is 0 Å². The summed E-state index contributed by atoms with van der Waals surface area (Å²) in [6.07, 6.45) is 3.86. The van der Waals surface area contributed by atoms with Gasteiger partial charge in [-0.25, -0.2) is 8.42 Å².